The van der Waals surface area contributed by atoms with E-state index >= 15 is 0 Å². The number of nitrogens with two attached hydrogens (primary N) is 1. The highest BCUT2D eigenvalue weighted by Gasteiger charge is 2.52. The lowest BCUT2D eigenvalue weighted by Gasteiger charge is -2.29. The SMILES string of the molecule is CC1(n2cnc3c(N)ncnc32)O[C@H](CO)[C@H](O)[C@@H]1O. The normalized spacial score (nSPS) is 33.9. The molecule has 2 aromatic heterocycles. The quantitative estimate of drug-likeness (QED) is 0.505. The van der Waals surface area contributed by atoms with E-state index in [1.807, 2.05) is 0 Å². The number of nitrogen functional groups attached to an aromatic ring is 1. The molecular formula is C11H15N5O4. The third kappa shape index (κ3) is 1.61. The third-order valence-corrected chi connectivity index (χ3v) is 3.66. The Kier molecular flexibility index (Phi) is 2.87. The van der Waals surface area contributed by atoms with Crippen LogP contribution in [0.15, 0.2) is 12.7 Å². The fourth-order valence-electron chi connectivity index (χ4n) is 2.49. The van der Waals surface area contributed by atoms with Gasteiger partial charge in [0.1, 0.15) is 30.2 Å². The number of aliphatic hydroxyl groups is 3. The van der Waals surface area contributed by atoms with Gasteiger partial charge in [-0.15, -0.1) is 0 Å². The van der Waals surface area contributed by atoms with Gasteiger partial charge < -0.3 is 25.8 Å². The molecule has 1 saturated heterocycles. The van der Waals surface area contributed by atoms with Crippen molar-refractivity contribution in [3.05, 3.63) is 12.7 Å². The first-order valence-corrected chi connectivity index (χ1v) is 6.08. The maximum absolute atomic E-state index is 10.2. The number of anilines is 1. The fourth-order valence-corrected chi connectivity index (χ4v) is 2.49. The lowest BCUT2D eigenvalue weighted by Crippen LogP contribution is -2.43. The van der Waals surface area contributed by atoms with E-state index in [9.17, 15) is 15.3 Å². The Morgan fingerprint density at radius 2 is 2.15 bits per heavy atom. The van der Waals surface area contributed by atoms with Gasteiger partial charge in [0.2, 0.25) is 0 Å². The Morgan fingerprint density at radius 3 is 2.80 bits per heavy atom. The molecule has 9 heteroatoms. The van der Waals surface area contributed by atoms with Crippen LogP contribution in [0.25, 0.3) is 11.2 Å². The van der Waals surface area contributed by atoms with Gasteiger partial charge in [-0.2, -0.15) is 0 Å². The van der Waals surface area contributed by atoms with Gasteiger partial charge >= 0.3 is 0 Å². The summed E-state index contributed by atoms with van der Waals surface area (Å²) in [5, 5.41) is 29.3. The predicted molar refractivity (Wildman–Crippen MR) is 67.4 cm³/mol. The lowest BCUT2D eigenvalue weighted by molar-refractivity contribution is -0.132. The highest BCUT2D eigenvalue weighted by atomic mass is 16.6. The van der Waals surface area contributed by atoms with E-state index in [4.69, 9.17) is 10.5 Å². The number of aliphatic hydroxyl groups excluding tert-OH is 3. The fraction of sp³-hybridized carbons (Fsp3) is 0.545. The smallest absolute Gasteiger partial charge is 0.173 e. The zero-order valence-electron chi connectivity index (χ0n) is 10.7. The summed E-state index contributed by atoms with van der Waals surface area (Å²) in [7, 11) is 0. The molecule has 9 nitrogen and oxygen atoms in total. The maximum atomic E-state index is 10.2. The molecule has 4 atom stereocenters. The van der Waals surface area contributed by atoms with Gasteiger partial charge in [0, 0.05) is 0 Å². The van der Waals surface area contributed by atoms with Crippen molar-refractivity contribution in [1.29, 1.82) is 0 Å². The molecule has 3 heterocycles. The standard InChI is InChI=1S/C11H15N5O4/c1-11(8(19)7(18)5(2-17)20-11)16-4-15-6-9(12)13-3-14-10(6)16/h3-5,7-8,17-19H,2H2,1H3,(H2,12,13,14)/t5-,7+,8+,11?/m1/s1. The third-order valence-electron chi connectivity index (χ3n) is 3.66. The van der Waals surface area contributed by atoms with Gasteiger partial charge in [-0.3, -0.25) is 4.57 Å². The number of fused-ring (bicyclic) bond motifs is 1. The van der Waals surface area contributed by atoms with Crippen LogP contribution in [-0.4, -0.2) is 59.8 Å². The van der Waals surface area contributed by atoms with Crippen LogP contribution in [-0.2, 0) is 10.5 Å². The molecule has 0 amide bonds. The van der Waals surface area contributed by atoms with Crippen LogP contribution >= 0.6 is 0 Å². The molecule has 20 heavy (non-hydrogen) atoms. The molecule has 2 aromatic rings. The molecule has 0 bridgehead atoms. The Labute approximate surface area is 113 Å². The van der Waals surface area contributed by atoms with Gasteiger partial charge in [-0.05, 0) is 6.92 Å². The minimum Gasteiger partial charge on any atom is -0.394 e. The van der Waals surface area contributed by atoms with Crippen LogP contribution < -0.4 is 5.73 Å². The minimum absolute atomic E-state index is 0.212. The largest absolute Gasteiger partial charge is 0.394 e. The Morgan fingerprint density at radius 1 is 1.40 bits per heavy atom. The second-order valence-electron chi connectivity index (χ2n) is 4.87. The summed E-state index contributed by atoms with van der Waals surface area (Å²) in [6, 6.07) is 0. The summed E-state index contributed by atoms with van der Waals surface area (Å²) in [6.45, 7) is 1.17. The molecule has 1 unspecified atom stereocenters. The maximum Gasteiger partial charge on any atom is 0.173 e. The van der Waals surface area contributed by atoms with E-state index < -0.39 is 30.6 Å². The minimum atomic E-state index is -1.30. The average Bonchev–Trinajstić information content (AvgIpc) is 2.96. The summed E-state index contributed by atoms with van der Waals surface area (Å²) < 4.78 is 7.06. The van der Waals surface area contributed by atoms with Gasteiger partial charge in [0.15, 0.2) is 17.2 Å². The van der Waals surface area contributed by atoms with Crippen molar-refractivity contribution in [3.8, 4) is 0 Å². The van der Waals surface area contributed by atoms with E-state index in [1.165, 1.54) is 17.2 Å². The van der Waals surface area contributed by atoms with Gasteiger partial charge in [0.05, 0.1) is 12.9 Å². The molecule has 0 saturated carbocycles. The summed E-state index contributed by atoms with van der Waals surface area (Å²) in [6.07, 6.45) is -0.646. The van der Waals surface area contributed by atoms with Crippen molar-refractivity contribution < 1.29 is 20.1 Å². The van der Waals surface area contributed by atoms with Gasteiger partial charge in [0.25, 0.3) is 0 Å². The average molecular weight is 281 g/mol. The second kappa shape index (κ2) is 4.35. The van der Waals surface area contributed by atoms with E-state index in [1.54, 1.807) is 6.92 Å². The number of aromatic nitrogens is 4. The monoisotopic (exact) mass is 281 g/mol. The van der Waals surface area contributed by atoms with Crippen molar-refractivity contribution in [3.63, 3.8) is 0 Å². The Bertz CT molecular complexity index is 647. The number of imidazole rings is 1. The number of hydrogen-bond donors (Lipinski definition) is 4. The lowest BCUT2D eigenvalue weighted by atomic mass is 10.0. The van der Waals surface area contributed by atoms with Crippen molar-refractivity contribution in [1.82, 2.24) is 19.5 Å². The number of hydrogen-bond acceptors (Lipinski definition) is 8. The van der Waals surface area contributed by atoms with E-state index in [-0.39, 0.29) is 5.82 Å². The van der Waals surface area contributed by atoms with Crippen LogP contribution in [0.1, 0.15) is 6.92 Å². The molecule has 1 fully saturated rings. The summed E-state index contributed by atoms with van der Waals surface area (Å²) in [5.74, 6) is 0.212. The molecule has 0 radical (unpaired) electrons. The van der Waals surface area contributed by atoms with Crippen LogP contribution in [0.3, 0.4) is 0 Å². The molecule has 5 N–H and O–H groups in total. The molecule has 1 aliphatic rings. The summed E-state index contributed by atoms with van der Waals surface area (Å²) in [4.78, 5) is 12.0. The second-order valence-corrected chi connectivity index (χ2v) is 4.87. The summed E-state index contributed by atoms with van der Waals surface area (Å²) in [5.41, 5.74) is 5.16. The first-order chi connectivity index (χ1) is 9.49. The number of nitrogens with zero attached hydrogens (tertiary/aromatic N) is 4. The molecule has 3 rings (SSSR count). The van der Waals surface area contributed by atoms with Crippen molar-refractivity contribution in [2.24, 2.45) is 0 Å². The van der Waals surface area contributed by atoms with E-state index in [0.29, 0.717) is 11.2 Å². The van der Waals surface area contributed by atoms with E-state index in [2.05, 4.69) is 15.0 Å². The molecular weight excluding hydrogens is 266 g/mol. The Balaban J connectivity index is 2.13. The Hall–Kier alpha value is -1.81. The predicted octanol–water partition coefficient (Wildman–Crippen LogP) is -1.81. The molecule has 1 aliphatic heterocycles. The number of rotatable bonds is 2. The summed E-state index contributed by atoms with van der Waals surface area (Å²) >= 11 is 0. The molecule has 0 aromatic carbocycles. The molecule has 0 spiro atoms. The van der Waals surface area contributed by atoms with E-state index in [0.717, 1.165) is 0 Å². The molecule has 0 aliphatic carbocycles. The van der Waals surface area contributed by atoms with Gasteiger partial charge in [-0.25, -0.2) is 15.0 Å². The van der Waals surface area contributed by atoms with Crippen LogP contribution in [0.4, 0.5) is 5.82 Å². The first kappa shape index (κ1) is 13.2. The van der Waals surface area contributed by atoms with Crippen LogP contribution in [0, 0.1) is 0 Å². The van der Waals surface area contributed by atoms with Crippen LogP contribution in [0.2, 0.25) is 0 Å². The van der Waals surface area contributed by atoms with Crippen molar-refractivity contribution in [2.75, 3.05) is 12.3 Å². The highest BCUT2D eigenvalue weighted by Crippen LogP contribution is 2.37. The zero-order valence-corrected chi connectivity index (χ0v) is 10.7. The number of ether oxygens (including phenoxy) is 1. The molecule has 108 valence electrons. The van der Waals surface area contributed by atoms with Crippen molar-refractivity contribution in [2.45, 2.75) is 31.0 Å². The van der Waals surface area contributed by atoms with Crippen LogP contribution in [0.5, 0.6) is 0 Å². The highest BCUT2D eigenvalue weighted by molar-refractivity contribution is 5.81. The topological polar surface area (TPSA) is 140 Å². The zero-order chi connectivity index (χ0) is 14.5. The first-order valence-electron chi connectivity index (χ1n) is 6.08. The van der Waals surface area contributed by atoms with Crippen molar-refractivity contribution >= 4 is 17.0 Å². The van der Waals surface area contributed by atoms with Gasteiger partial charge in [-0.1, -0.05) is 0 Å².